The maximum Gasteiger partial charge on any atom is 0.106 e. The quantitative estimate of drug-likeness (QED) is 0.709. The minimum absolute atomic E-state index is 0.275. The smallest absolute Gasteiger partial charge is 0.106 e. The minimum atomic E-state index is -0.539. The molecule has 1 rings (SSSR count). The Hall–Kier alpha value is -0.800. The zero-order chi connectivity index (χ0) is 9.14. The van der Waals surface area contributed by atoms with Crippen LogP contribution in [0.2, 0.25) is 0 Å². The standard InChI is InChI=1S/C9H16N2O/c1-7(2)11-5-3-4-8(11)9(12)6-10/h3-5,7,9,12H,6,10H2,1-2H3. The highest BCUT2D eigenvalue weighted by atomic mass is 16.3. The second kappa shape index (κ2) is 3.74. The molecule has 12 heavy (non-hydrogen) atoms. The van der Waals surface area contributed by atoms with Crippen LogP contribution in [0.1, 0.15) is 31.7 Å². The second-order valence-electron chi connectivity index (χ2n) is 3.19. The molecular formula is C9H16N2O. The van der Waals surface area contributed by atoms with Gasteiger partial charge in [0, 0.05) is 24.5 Å². The van der Waals surface area contributed by atoms with Gasteiger partial charge in [-0.05, 0) is 26.0 Å². The molecule has 3 N–H and O–H groups in total. The lowest BCUT2D eigenvalue weighted by atomic mass is 10.2. The van der Waals surface area contributed by atoms with Crippen molar-refractivity contribution < 1.29 is 5.11 Å². The van der Waals surface area contributed by atoms with E-state index in [-0.39, 0.29) is 6.54 Å². The first kappa shape index (κ1) is 9.29. The third kappa shape index (κ3) is 1.68. The molecule has 1 atom stereocenters. The van der Waals surface area contributed by atoms with Gasteiger partial charge in [-0.1, -0.05) is 0 Å². The van der Waals surface area contributed by atoms with Crippen molar-refractivity contribution in [2.24, 2.45) is 5.73 Å². The average molecular weight is 168 g/mol. The normalized spacial score (nSPS) is 13.8. The third-order valence-corrected chi connectivity index (χ3v) is 1.93. The predicted molar refractivity (Wildman–Crippen MR) is 48.8 cm³/mol. The summed E-state index contributed by atoms with van der Waals surface area (Å²) in [5.41, 5.74) is 6.26. The average Bonchev–Trinajstić information content (AvgIpc) is 2.50. The summed E-state index contributed by atoms with van der Waals surface area (Å²) in [5.74, 6) is 0. The number of rotatable bonds is 3. The van der Waals surface area contributed by atoms with Crippen LogP contribution >= 0.6 is 0 Å². The molecule has 0 bridgehead atoms. The molecule has 3 nitrogen and oxygen atoms in total. The van der Waals surface area contributed by atoms with Gasteiger partial charge in [0.2, 0.25) is 0 Å². The fourth-order valence-electron chi connectivity index (χ4n) is 1.28. The van der Waals surface area contributed by atoms with Gasteiger partial charge in [0.15, 0.2) is 0 Å². The molecule has 1 aromatic heterocycles. The van der Waals surface area contributed by atoms with Crippen LogP contribution in [-0.2, 0) is 0 Å². The molecule has 0 saturated heterocycles. The molecule has 0 aliphatic heterocycles. The van der Waals surface area contributed by atoms with Crippen LogP contribution in [0, 0.1) is 0 Å². The van der Waals surface area contributed by atoms with Crippen LogP contribution in [0.5, 0.6) is 0 Å². The zero-order valence-corrected chi connectivity index (χ0v) is 7.57. The van der Waals surface area contributed by atoms with E-state index >= 15 is 0 Å². The fourth-order valence-corrected chi connectivity index (χ4v) is 1.28. The van der Waals surface area contributed by atoms with Crippen molar-refractivity contribution >= 4 is 0 Å². The Bertz CT molecular complexity index is 242. The maximum absolute atomic E-state index is 9.50. The second-order valence-corrected chi connectivity index (χ2v) is 3.19. The van der Waals surface area contributed by atoms with Gasteiger partial charge in [-0.15, -0.1) is 0 Å². The first-order valence-electron chi connectivity index (χ1n) is 4.21. The van der Waals surface area contributed by atoms with E-state index in [4.69, 9.17) is 5.73 Å². The molecule has 0 aliphatic rings. The van der Waals surface area contributed by atoms with E-state index in [1.807, 2.05) is 22.9 Å². The molecule has 0 aromatic carbocycles. The largest absolute Gasteiger partial charge is 0.386 e. The minimum Gasteiger partial charge on any atom is -0.386 e. The molecule has 0 amide bonds. The highest BCUT2D eigenvalue weighted by Gasteiger charge is 2.10. The lowest BCUT2D eigenvalue weighted by Crippen LogP contribution is -2.16. The van der Waals surface area contributed by atoms with Gasteiger partial charge in [0.1, 0.15) is 6.10 Å². The van der Waals surface area contributed by atoms with E-state index in [2.05, 4.69) is 13.8 Å². The number of aromatic nitrogens is 1. The van der Waals surface area contributed by atoms with Crippen molar-refractivity contribution in [3.63, 3.8) is 0 Å². The summed E-state index contributed by atoms with van der Waals surface area (Å²) in [4.78, 5) is 0. The first-order chi connectivity index (χ1) is 5.66. The Morgan fingerprint density at radius 3 is 2.75 bits per heavy atom. The maximum atomic E-state index is 9.50. The SMILES string of the molecule is CC(C)n1cccc1C(O)CN. The molecule has 0 fully saturated rings. The van der Waals surface area contributed by atoms with Crippen molar-refractivity contribution in [3.8, 4) is 0 Å². The lowest BCUT2D eigenvalue weighted by molar-refractivity contribution is 0.175. The van der Waals surface area contributed by atoms with Gasteiger partial charge >= 0.3 is 0 Å². The van der Waals surface area contributed by atoms with E-state index in [0.29, 0.717) is 6.04 Å². The highest BCUT2D eigenvalue weighted by Crippen LogP contribution is 2.16. The van der Waals surface area contributed by atoms with Gasteiger partial charge in [-0.25, -0.2) is 0 Å². The summed E-state index contributed by atoms with van der Waals surface area (Å²) in [6.07, 6.45) is 1.42. The molecular weight excluding hydrogens is 152 g/mol. The third-order valence-electron chi connectivity index (χ3n) is 1.93. The Morgan fingerprint density at radius 2 is 2.25 bits per heavy atom. The number of aliphatic hydroxyl groups is 1. The van der Waals surface area contributed by atoms with Gasteiger partial charge < -0.3 is 15.4 Å². The van der Waals surface area contributed by atoms with Crippen LogP contribution in [0.25, 0.3) is 0 Å². The number of hydrogen-bond donors (Lipinski definition) is 2. The van der Waals surface area contributed by atoms with E-state index in [1.54, 1.807) is 0 Å². The molecule has 1 heterocycles. The van der Waals surface area contributed by atoms with Crippen LogP contribution in [0.3, 0.4) is 0 Å². The monoisotopic (exact) mass is 168 g/mol. The molecule has 0 spiro atoms. The van der Waals surface area contributed by atoms with Gasteiger partial charge in [0.05, 0.1) is 0 Å². The summed E-state index contributed by atoms with van der Waals surface area (Å²) in [6, 6.07) is 4.20. The van der Waals surface area contributed by atoms with E-state index in [0.717, 1.165) is 5.69 Å². The van der Waals surface area contributed by atoms with E-state index in [1.165, 1.54) is 0 Å². The van der Waals surface area contributed by atoms with Crippen molar-refractivity contribution in [2.75, 3.05) is 6.54 Å². The van der Waals surface area contributed by atoms with Gasteiger partial charge in [0.25, 0.3) is 0 Å². The van der Waals surface area contributed by atoms with Gasteiger partial charge in [-0.3, -0.25) is 0 Å². The zero-order valence-electron chi connectivity index (χ0n) is 7.57. The molecule has 3 heteroatoms. The summed E-state index contributed by atoms with van der Waals surface area (Å²) in [5, 5.41) is 9.50. The van der Waals surface area contributed by atoms with Crippen molar-refractivity contribution in [2.45, 2.75) is 26.0 Å². The van der Waals surface area contributed by atoms with Crippen molar-refractivity contribution in [1.29, 1.82) is 0 Å². The molecule has 0 aliphatic carbocycles. The van der Waals surface area contributed by atoms with E-state index < -0.39 is 6.10 Å². The first-order valence-corrected chi connectivity index (χ1v) is 4.21. The van der Waals surface area contributed by atoms with Crippen LogP contribution in [0.4, 0.5) is 0 Å². The molecule has 1 aromatic rings. The summed E-state index contributed by atoms with van der Waals surface area (Å²) < 4.78 is 2.03. The van der Waals surface area contributed by atoms with Crippen LogP contribution in [-0.4, -0.2) is 16.2 Å². The molecule has 0 radical (unpaired) electrons. The summed E-state index contributed by atoms with van der Waals surface area (Å²) in [7, 11) is 0. The molecule has 1 unspecified atom stereocenters. The van der Waals surface area contributed by atoms with Crippen molar-refractivity contribution in [1.82, 2.24) is 4.57 Å². The van der Waals surface area contributed by atoms with Crippen LogP contribution in [0.15, 0.2) is 18.3 Å². The summed E-state index contributed by atoms with van der Waals surface area (Å²) in [6.45, 7) is 4.43. The highest BCUT2D eigenvalue weighted by molar-refractivity contribution is 5.11. The number of hydrogen-bond acceptors (Lipinski definition) is 2. The fraction of sp³-hybridized carbons (Fsp3) is 0.556. The topological polar surface area (TPSA) is 51.2 Å². The summed E-state index contributed by atoms with van der Waals surface area (Å²) >= 11 is 0. The number of aliphatic hydroxyl groups excluding tert-OH is 1. The molecule has 0 saturated carbocycles. The molecule has 68 valence electrons. The predicted octanol–water partition coefficient (Wildman–Crippen LogP) is 1.06. The Kier molecular flexibility index (Phi) is 2.89. The van der Waals surface area contributed by atoms with E-state index in [9.17, 15) is 5.11 Å². The Morgan fingerprint density at radius 1 is 1.58 bits per heavy atom. The van der Waals surface area contributed by atoms with Crippen molar-refractivity contribution in [3.05, 3.63) is 24.0 Å². The number of nitrogens with two attached hydrogens (primary N) is 1. The van der Waals surface area contributed by atoms with Gasteiger partial charge in [-0.2, -0.15) is 0 Å². The lowest BCUT2D eigenvalue weighted by Gasteiger charge is -2.15. The Balaban J connectivity index is 2.91. The number of nitrogens with zero attached hydrogens (tertiary/aromatic N) is 1. The Labute approximate surface area is 72.8 Å². The van der Waals surface area contributed by atoms with Crippen LogP contribution < -0.4 is 5.73 Å².